The Labute approximate surface area is 176 Å². The van der Waals surface area contributed by atoms with Gasteiger partial charge >= 0.3 is 0 Å². The van der Waals surface area contributed by atoms with Crippen molar-refractivity contribution in [2.24, 2.45) is 5.92 Å². The third-order valence-corrected chi connectivity index (χ3v) is 6.34. The summed E-state index contributed by atoms with van der Waals surface area (Å²) in [6.45, 7) is 1.40. The van der Waals surface area contributed by atoms with E-state index in [1.165, 1.54) is 0 Å². The zero-order valence-corrected chi connectivity index (χ0v) is 17.2. The predicted octanol–water partition coefficient (Wildman–Crippen LogP) is 3.87. The average molecular weight is 437 g/mol. The number of rotatable bonds is 4. The largest absolute Gasteiger partial charge is 0.350 e. The molecule has 2 aromatic heterocycles. The van der Waals surface area contributed by atoms with Crippen molar-refractivity contribution in [3.63, 3.8) is 0 Å². The van der Waals surface area contributed by atoms with Crippen LogP contribution in [0.5, 0.6) is 0 Å². The summed E-state index contributed by atoms with van der Waals surface area (Å²) in [6.07, 6.45) is 5.39. The lowest BCUT2D eigenvalue weighted by atomic mass is 9.96. The van der Waals surface area contributed by atoms with E-state index in [1.54, 1.807) is 34.4 Å². The molecule has 0 saturated carbocycles. The van der Waals surface area contributed by atoms with Crippen LogP contribution in [0, 0.1) is 5.92 Å². The molecule has 1 unspecified atom stereocenters. The van der Waals surface area contributed by atoms with Gasteiger partial charge in [-0.25, -0.2) is 4.98 Å². The van der Waals surface area contributed by atoms with E-state index in [9.17, 15) is 9.59 Å². The summed E-state index contributed by atoms with van der Waals surface area (Å²) in [7, 11) is 0. The molecule has 0 bridgehead atoms. The van der Waals surface area contributed by atoms with Gasteiger partial charge in [-0.2, -0.15) is 0 Å². The number of likely N-dealkylation sites (tertiary alicyclic amines) is 1. The standard InChI is InChI=1S/C19H18Cl2N4O2S/c20-15-4-3-12(8-16(15)21)18(27)24-5-1-2-13(10-24)17(26)22-9-14-11-25-6-7-28-19(25)23-14/h3-4,6-8,11,13H,1-2,5,9-10H2,(H,22,26). The molecule has 1 aromatic carbocycles. The summed E-state index contributed by atoms with van der Waals surface area (Å²) in [4.78, 5) is 32.4. The first-order valence-corrected chi connectivity index (χ1v) is 10.6. The minimum atomic E-state index is -0.232. The Morgan fingerprint density at radius 1 is 1.29 bits per heavy atom. The monoisotopic (exact) mass is 436 g/mol. The molecule has 1 atom stereocenters. The van der Waals surface area contributed by atoms with Gasteiger partial charge in [-0.15, -0.1) is 11.3 Å². The topological polar surface area (TPSA) is 66.7 Å². The number of imidazole rings is 1. The van der Waals surface area contributed by atoms with E-state index in [1.807, 2.05) is 22.2 Å². The molecule has 146 valence electrons. The number of amides is 2. The van der Waals surface area contributed by atoms with E-state index in [0.29, 0.717) is 35.2 Å². The van der Waals surface area contributed by atoms with Crippen LogP contribution >= 0.6 is 34.5 Å². The third kappa shape index (κ3) is 4.01. The lowest BCUT2D eigenvalue weighted by Gasteiger charge is -2.32. The summed E-state index contributed by atoms with van der Waals surface area (Å²) in [5.41, 5.74) is 1.30. The molecule has 1 aliphatic rings. The van der Waals surface area contributed by atoms with E-state index in [0.717, 1.165) is 23.5 Å². The highest BCUT2D eigenvalue weighted by Crippen LogP contribution is 2.25. The second-order valence-electron chi connectivity index (χ2n) is 6.76. The van der Waals surface area contributed by atoms with Crippen molar-refractivity contribution in [3.8, 4) is 0 Å². The van der Waals surface area contributed by atoms with Crippen molar-refractivity contribution in [1.29, 1.82) is 0 Å². The molecular formula is C19H18Cl2N4O2S. The molecule has 0 aliphatic carbocycles. The fraction of sp³-hybridized carbons (Fsp3) is 0.316. The highest BCUT2D eigenvalue weighted by molar-refractivity contribution is 7.15. The normalized spacial score (nSPS) is 17.1. The van der Waals surface area contributed by atoms with Gasteiger partial charge in [-0.05, 0) is 31.0 Å². The molecule has 0 radical (unpaired) electrons. The molecule has 1 fully saturated rings. The molecule has 6 nitrogen and oxygen atoms in total. The minimum absolute atomic E-state index is 0.0528. The Kier molecular flexibility index (Phi) is 5.57. The van der Waals surface area contributed by atoms with E-state index >= 15 is 0 Å². The molecule has 0 spiro atoms. The van der Waals surface area contributed by atoms with Crippen LogP contribution < -0.4 is 5.32 Å². The number of piperidine rings is 1. The van der Waals surface area contributed by atoms with Gasteiger partial charge in [-0.3, -0.25) is 14.0 Å². The molecule has 1 N–H and O–H groups in total. The number of carbonyl (C=O) groups is 2. The van der Waals surface area contributed by atoms with Crippen LogP contribution in [-0.4, -0.2) is 39.2 Å². The quantitative estimate of drug-likeness (QED) is 0.674. The maximum atomic E-state index is 12.8. The van der Waals surface area contributed by atoms with Crippen LogP contribution in [0.25, 0.3) is 4.96 Å². The van der Waals surface area contributed by atoms with Crippen molar-refractivity contribution < 1.29 is 9.59 Å². The maximum absolute atomic E-state index is 12.8. The Balaban J connectivity index is 1.36. The number of nitrogens with one attached hydrogen (secondary N) is 1. The Morgan fingerprint density at radius 2 is 2.14 bits per heavy atom. The molecule has 4 rings (SSSR count). The summed E-state index contributed by atoms with van der Waals surface area (Å²) in [5.74, 6) is -0.419. The summed E-state index contributed by atoms with van der Waals surface area (Å²) < 4.78 is 1.93. The molecule has 9 heteroatoms. The number of hydrogen-bond acceptors (Lipinski definition) is 4. The smallest absolute Gasteiger partial charge is 0.253 e. The lowest BCUT2D eigenvalue weighted by Crippen LogP contribution is -2.45. The first-order chi connectivity index (χ1) is 13.5. The van der Waals surface area contributed by atoms with Crippen molar-refractivity contribution in [3.05, 3.63) is 57.3 Å². The fourth-order valence-corrected chi connectivity index (χ4v) is 4.39. The van der Waals surface area contributed by atoms with E-state index in [-0.39, 0.29) is 17.7 Å². The van der Waals surface area contributed by atoms with E-state index in [4.69, 9.17) is 23.2 Å². The molecule has 28 heavy (non-hydrogen) atoms. The van der Waals surface area contributed by atoms with Gasteiger partial charge in [0.15, 0.2) is 4.96 Å². The predicted molar refractivity (Wildman–Crippen MR) is 110 cm³/mol. The second kappa shape index (κ2) is 8.11. The van der Waals surface area contributed by atoms with E-state index < -0.39 is 0 Å². The Morgan fingerprint density at radius 3 is 2.93 bits per heavy atom. The Hall–Kier alpha value is -2.09. The summed E-state index contributed by atoms with van der Waals surface area (Å²) in [5, 5.41) is 5.67. The zero-order chi connectivity index (χ0) is 19.7. The number of nitrogens with zero attached hydrogens (tertiary/aromatic N) is 3. The lowest BCUT2D eigenvalue weighted by molar-refractivity contribution is -0.126. The molecule has 1 aliphatic heterocycles. The molecule has 2 amide bonds. The van der Waals surface area contributed by atoms with Gasteiger partial charge in [0.2, 0.25) is 5.91 Å². The van der Waals surface area contributed by atoms with Crippen LogP contribution in [-0.2, 0) is 11.3 Å². The average Bonchev–Trinajstić information content (AvgIpc) is 3.29. The van der Waals surface area contributed by atoms with Gasteiger partial charge in [-0.1, -0.05) is 23.2 Å². The van der Waals surface area contributed by atoms with Gasteiger partial charge in [0.25, 0.3) is 5.91 Å². The van der Waals surface area contributed by atoms with Crippen LogP contribution in [0.2, 0.25) is 10.0 Å². The molecule has 3 aromatic rings. The zero-order valence-electron chi connectivity index (χ0n) is 14.9. The number of carbonyl (C=O) groups excluding carboxylic acids is 2. The van der Waals surface area contributed by atoms with Gasteiger partial charge in [0.05, 0.1) is 28.2 Å². The first-order valence-electron chi connectivity index (χ1n) is 8.94. The van der Waals surface area contributed by atoms with Gasteiger partial charge in [0, 0.05) is 36.4 Å². The second-order valence-corrected chi connectivity index (χ2v) is 8.45. The number of fused-ring (bicyclic) bond motifs is 1. The van der Waals surface area contributed by atoms with Crippen molar-refractivity contribution in [2.45, 2.75) is 19.4 Å². The molecule has 1 saturated heterocycles. The highest BCUT2D eigenvalue weighted by Gasteiger charge is 2.29. The first kappa shape index (κ1) is 19.2. The minimum Gasteiger partial charge on any atom is -0.350 e. The molecular weight excluding hydrogens is 419 g/mol. The third-order valence-electron chi connectivity index (χ3n) is 4.83. The molecule has 3 heterocycles. The van der Waals surface area contributed by atoms with Gasteiger partial charge in [0.1, 0.15) is 0 Å². The number of aromatic nitrogens is 2. The number of benzene rings is 1. The van der Waals surface area contributed by atoms with Crippen LogP contribution in [0.1, 0.15) is 28.9 Å². The number of thiazole rings is 1. The Bertz CT molecular complexity index is 1000. The van der Waals surface area contributed by atoms with Gasteiger partial charge < -0.3 is 10.2 Å². The van der Waals surface area contributed by atoms with Crippen molar-refractivity contribution >= 4 is 51.3 Å². The fourth-order valence-electron chi connectivity index (χ4n) is 3.37. The van der Waals surface area contributed by atoms with Crippen molar-refractivity contribution in [1.82, 2.24) is 19.6 Å². The number of hydrogen-bond donors (Lipinski definition) is 1. The van der Waals surface area contributed by atoms with Crippen molar-refractivity contribution in [2.75, 3.05) is 13.1 Å². The van der Waals surface area contributed by atoms with Crippen LogP contribution in [0.15, 0.2) is 36.0 Å². The highest BCUT2D eigenvalue weighted by atomic mass is 35.5. The van der Waals surface area contributed by atoms with E-state index in [2.05, 4.69) is 10.3 Å². The maximum Gasteiger partial charge on any atom is 0.253 e. The SMILES string of the molecule is O=C(NCc1cn2ccsc2n1)C1CCCN(C(=O)c2ccc(Cl)c(Cl)c2)C1. The summed E-state index contributed by atoms with van der Waals surface area (Å²) in [6, 6.07) is 4.84. The number of halogens is 2. The van der Waals surface area contributed by atoms with Crippen LogP contribution in [0.4, 0.5) is 0 Å². The summed E-state index contributed by atoms with van der Waals surface area (Å²) >= 11 is 13.5. The van der Waals surface area contributed by atoms with Crippen LogP contribution in [0.3, 0.4) is 0 Å².